The van der Waals surface area contributed by atoms with Crippen molar-refractivity contribution in [1.82, 2.24) is 4.98 Å². The van der Waals surface area contributed by atoms with Crippen LogP contribution < -0.4 is 4.74 Å². The summed E-state index contributed by atoms with van der Waals surface area (Å²) in [6.45, 7) is 0. The quantitative estimate of drug-likeness (QED) is 0.366. The third-order valence-electron chi connectivity index (χ3n) is 2.59. The van der Waals surface area contributed by atoms with E-state index in [1.54, 1.807) is 0 Å². The molecule has 1 heterocycles. The molecule has 2 aromatic rings. The van der Waals surface area contributed by atoms with Crippen LogP contribution in [0.4, 0.5) is 26.3 Å². The molecule has 22 heavy (non-hydrogen) atoms. The molecule has 0 N–H and O–H groups in total. The van der Waals surface area contributed by atoms with E-state index >= 15 is 0 Å². The smallest absolute Gasteiger partial charge is 0.406 e. The summed E-state index contributed by atoms with van der Waals surface area (Å²) in [5.41, 5.74) is -0.979. The minimum Gasteiger partial charge on any atom is -0.406 e. The van der Waals surface area contributed by atoms with Gasteiger partial charge in [0.25, 0.3) is 0 Å². The van der Waals surface area contributed by atoms with Crippen LogP contribution in [0.25, 0.3) is 11.1 Å². The van der Waals surface area contributed by atoms with Gasteiger partial charge in [-0.3, -0.25) is 0 Å². The minimum atomic E-state index is -4.86. The van der Waals surface area contributed by atoms with Gasteiger partial charge in [-0.25, -0.2) is 4.98 Å². The molecule has 118 valence electrons. The average Bonchev–Trinajstić information content (AvgIpc) is 2.36. The predicted molar refractivity (Wildman–Crippen MR) is 74.1 cm³/mol. The molecule has 0 unspecified atom stereocenters. The van der Waals surface area contributed by atoms with E-state index in [1.807, 2.05) is 0 Å². The highest BCUT2D eigenvalue weighted by atomic mass is 127. The molecular formula is C13H6F6INO. The van der Waals surface area contributed by atoms with Crippen LogP contribution in [-0.2, 0) is 6.18 Å². The Balaban J connectivity index is 2.43. The Morgan fingerprint density at radius 1 is 0.909 bits per heavy atom. The number of ether oxygens (including phenoxy) is 1. The van der Waals surface area contributed by atoms with Crippen LogP contribution in [0.5, 0.6) is 5.75 Å². The van der Waals surface area contributed by atoms with Gasteiger partial charge in [-0.15, -0.1) is 13.2 Å². The number of aromatic nitrogens is 1. The monoisotopic (exact) mass is 433 g/mol. The lowest BCUT2D eigenvalue weighted by molar-refractivity contribution is -0.274. The van der Waals surface area contributed by atoms with Crippen molar-refractivity contribution in [2.75, 3.05) is 0 Å². The van der Waals surface area contributed by atoms with E-state index in [-0.39, 0.29) is 14.8 Å². The van der Waals surface area contributed by atoms with E-state index in [1.165, 1.54) is 28.8 Å². The molecule has 1 aromatic carbocycles. The first kappa shape index (κ1) is 16.8. The molecule has 2 nitrogen and oxygen atoms in total. The second-order valence-electron chi connectivity index (χ2n) is 4.09. The summed E-state index contributed by atoms with van der Waals surface area (Å²) in [4.78, 5) is 3.59. The first-order valence-corrected chi connectivity index (χ1v) is 6.74. The van der Waals surface area contributed by atoms with Crippen molar-refractivity contribution >= 4 is 22.6 Å². The molecule has 0 atom stereocenters. The molecule has 0 fully saturated rings. The molecular weight excluding hydrogens is 427 g/mol. The Bertz CT molecular complexity index is 666. The van der Waals surface area contributed by atoms with Crippen LogP contribution in [0.1, 0.15) is 5.56 Å². The first-order valence-electron chi connectivity index (χ1n) is 5.66. The van der Waals surface area contributed by atoms with Crippen molar-refractivity contribution in [2.45, 2.75) is 12.5 Å². The van der Waals surface area contributed by atoms with Gasteiger partial charge in [0.05, 0.1) is 5.56 Å². The summed E-state index contributed by atoms with van der Waals surface area (Å²) in [5, 5.41) is 0. The lowest BCUT2D eigenvalue weighted by Crippen LogP contribution is -2.17. The fourth-order valence-corrected chi connectivity index (χ4v) is 2.54. The van der Waals surface area contributed by atoms with Crippen molar-refractivity contribution < 1.29 is 31.1 Å². The number of hydrogen-bond acceptors (Lipinski definition) is 2. The van der Waals surface area contributed by atoms with E-state index in [2.05, 4.69) is 9.72 Å². The van der Waals surface area contributed by atoms with Gasteiger partial charge in [-0.2, -0.15) is 13.2 Å². The second kappa shape index (κ2) is 5.94. The van der Waals surface area contributed by atoms with E-state index in [9.17, 15) is 26.3 Å². The number of alkyl halides is 6. The van der Waals surface area contributed by atoms with E-state index < -0.39 is 23.9 Å². The Labute approximate surface area is 134 Å². The van der Waals surface area contributed by atoms with E-state index in [4.69, 9.17) is 0 Å². The third kappa shape index (κ3) is 4.02. The zero-order valence-electron chi connectivity index (χ0n) is 10.5. The molecule has 0 saturated heterocycles. The number of halogens is 7. The molecule has 0 radical (unpaired) electrons. The highest BCUT2D eigenvalue weighted by Gasteiger charge is 2.37. The maximum Gasteiger partial charge on any atom is 0.573 e. The van der Waals surface area contributed by atoms with Gasteiger partial charge in [-0.05, 0) is 51.9 Å². The molecule has 0 saturated carbocycles. The molecule has 9 heteroatoms. The Kier molecular flexibility index (Phi) is 4.54. The number of benzene rings is 1. The van der Waals surface area contributed by atoms with Gasteiger partial charge >= 0.3 is 12.5 Å². The van der Waals surface area contributed by atoms with Crippen molar-refractivity contribution in [3.8, 4) is 16.9 Å². The predicted octanol–water partition coefficient (Wildman–Crippen LogP) is 5.27. The van der Waals surface area contributed by atoms with Gasteiger partial charge in [0.1, 0.15) is 9.45 Å². The molecule has 0 aliphatic rings. The zero-order valence-corrected chi connectivity index (χ0v) is 12.6. The fourth-order valence-electron chi connectivity index (χ4n) is 1.78. The number of nitrogens with zero attached hydrogens (tertiary/aromatic N) is 1. The zero-order chi connectivity index (χ0) is 16.5. The van der Waals surface area contributed by atoms with Gasteiger partial charge in [0.2, 0.25) is 0 Å². The summed E-state index contributed by atoms with van der Waals surface area (Å²) in [7, 11) is 0. The van der Waals surface area contributed by atoms with Crippen molar-refractivity contribution in [2.24, 2.45) is 0 Å². The van der Waals surface area contributed by atoms with Crippen LogP contribution in [0.2, 0.25) is 0 Å². The highest BCUT2D eigenvalue weighted by Crippen LogP contribution is 2.39. The maximum atomic E-state index is 13.1. The normalized spacial score (nSPS) is 12.3. The van der Waals surface area contributed by atoms with Gasteiger partial charge in [0.15, 0.2) is 0 Å². The van der Waals surface area contributed by atoms with E-state index in [0.717, 1.165) is 30.3 Å². The summed E-state index contributed by atoms with van der Waals surface area (Å²) in [5.74, 6) is -0.506. The minimum absolute atomic E-state index is 0.113. The van der Waals surface area contributed by atoms with Gasteiger partial charge in [-0.1, -0.05) is 12.1 Å². The standard InChI is InChI=1S/C13H6F6INO/c14-12(15,16)10-9(5-6-21-11(10)20)7-1-3-8(4-2-7)22-13(17,18)19/h1-6H. The number of pyridine rings is 1. The van der Waals surface area contributed by atoms with Crippen molar-refractivity contribution in [1.29, 1.82) is 0 Å². The largest absolute Gasteiger partial charge is 0.573 e. The van der Waals surface area contributed by atoms with Gasteiger partial charge < -0.3 is 4.74 Å². The first-order chi connectivity index (χ1) is 10.1. The summed E-state index contributed by atoms with van der Waals surface area (Å²) < 4.78 is 78.8. The van der Waals surface area contributed by atoms with Crippen LogP contribution in [0.3, 0.4) is 0 Å². The average molecular weight is 433 g/mol. The highest BCUT2D eigenvalue weighted by molar-refractivity contribution is 14.1. The van der Waals surface area contributed by atoms with Crippen LogP contribution in [0.15, 0.2) is 36.5 Å². The van der Waals surface area contributed by atoms with E-state index in [0.29, 0.717) is 0 Å². The summed E-state index contributed by atoms with van der Waals surface area (Å²) in [6.07, 6.45) is -8.28. The Hall–Kier alpha value is -1.52. The SMILES string of the molecule is FC(F)(F)Oc1ccc(-c2ccnc(I)c2C(F)(F)F)cc1. The second-order valence-corrected chi connectivity index (χ2v) is 5.12. The number of rotatable bonds is 2. The summed E-state index contributed by atoms with van der Waals surface area (Å²) >= 11 is 1.46. The molecule has 0 spiro atoms. The summed E-state index contributed by atoms with van der Waals surface area (Å²) in [6, 6.07) is 5.32. The van der Waals surface area contributed by atoms with Crippen LogP contribution in [-0.4, -0.2) is 11.3 Å². The molecule has 0 aliphatic heterocycles. The molecule has 0 bridgehead atoms. The topological polar surface area (TPSA) is 22.1 Å². The number of hydrogen-bond donors (Lipinski definition) is 0. The lowest BCUT2D eigenvalue weighted by atomic mass is 10.0. The Morgan fingerprint density at radius 2 is 1.50 bits per heavy atom. The van der Waals surface area contributed by atoms with Crippen molar-refractivity contribution in [3.63, 3.8) is 0 Å². The maximum absolute atomic E-state index is 13.1. The molecule has 0 amide bonds. The van der Waals surface area contributed by atoms with Crippen molar-refractivity contribution in [3.05, 3.63) is 45.8 Å². The third-order valence-corrected chi connectivity index (χ3v) is 3.40. The lowest BCUT2D eigenvalue weighted by Gasteiger charge is -2.14. The molecule has 1 aromatic heterocycles. The van der Waals surface area contributed by atoms with Gasteiger partial charge in [0, 0.05) is 6.20 Å². The molecule has 2 rings (SSSR count). The van der Waals surface area contributed by atoms with Crippen LogP contribution >= 0.6 is 22.6 Å². The fraction of sp³-hybridized carbons (Fsp3) is 0.154. The Morgan fingerprint density at radius 3 is 2.00 bits per heavy atom. The van der Waals surface area contributed by atoms with Crippen LogP contribution in [0, 0.1) is 3.70 Å². The molecule has 0 aliphatic carbocycles.